The monoisotopic (exact) mass is 215 g/mol. The van der Waals surface area contributed by atoms with E-state index < -0.39 is 0 Å². The molecule has 86 valence electrons. The van der Waals surface area contributed by atoms with Crippen molar-refractivity contribution in [3.63, 3.8) is 0 Å². The fourth-order valence-corrected chi connectivity index (χ4v) is 3.52. The second-order valence-electron chi connectivity index (χ2n) is 5.98. The molecule has 2 aliphatic carbocycles. The molecule has 0 saturated heterocycles. The molecule has 3 unspecified atom stereocenters. The average Bonchev–Trinajstić information content (AvgIpc) is 2.82. The van der Waals surface area contributed by atoms with Crippen LogP contribution in [-0.4, -0.2) is 25.0 Å². The van der Waals surface area contributed by atoms with Gasteiger partial charge in [-0.3, -0.25) is 0 Å². The first kappa shape index (κ1) is 10.3. The van der Waals surface area contributed by atoms with Crippen molar-refractivity contribution in [2.24, 2.45) is 5.92 Å². The molecule has 0 aromatic heterocycles. The molecule has 0 spiro atoms. The van der Waals surface area contributed by atoms with Gasteiger partial charge in [-0.05, 0) is 57.2 Å². The van der Waals surface area contributed by atoms with Crippen LogP contribution in [-0.2, 0) is 5.41 Å². The second kappa shape index (κ2) is 3.33. The van der Waals surface area contributed by atoms with Crippen molar-refractivity contribution >= 4 is 0 Å². The Morgan fingerprint density at radius 1 is 1.12 bits per heavy atom. The summed E-state index contributed by atoms with van der Waals surface area (Å²) in [6.45, 7) is 2.17. The third kappa shape index (κ3) is 1.41. The first-order chi connectivity index (χ1) is 7.62. The lowest BCUT2D eigenvalue weighted by Crippen LogP contribution is -2.27. The maximum atomic E-state index is 2.40. The molecule has 0 aliphatic heterocycles. The van der Waals surface area contributed by atoms with Crippen LogP contribution < -0.4 is 0 Å². The molecule has 1 aromatic carbocycles. The van der Waals surface area contributed by atoms with Crippen LogP contribution in [0.4, 0.5) is 0 Å². The Bertz CT molecular complexity index is 392. The van der Waals surface area contributed by atoms with Gasteiger partial charge in [-0.15, -0.1) is 0 Å². The van der Waals surface area contributed by atoms with Crippen LogP contribution in [0.5, 0.6) is 0 Å². The zero-order valence-electron chi connectivity index (χ0n) is 10.5. The summed E-state index contributed by atoms with van der Waals surface area (Å²) in [5, 5.41) is 0. The van der Waals surface area contributed by atoms with Gasteiger partial charge in [0, 0.05) is 6.04 Å². The minimum atomic E-state index is 0.558. The average molecular weight is 215 g/mol. The van der Waals surface area contributed by atoms with Gasteiger partial charge >= 0.3 is 0 Å². The van der Waals surface area contributed by atoms with Gasteiger partial charge in [-0.25, -0.2) is 0 Å². The summed E-state index contributed by atoms with van der Waals surface area (Å²) in [5.41, 5.74) is 3.52. The number of aryl methyl sites for hydroxylation is 1. The molecule has 0 radical (unpaired) electrons. The van der Waals surface area contributed by atoms with Gasteiger partial charge in [0.1, 0.15) is 0 Å². The van der Waals surface area contributed by atoms with Crippen LogP contribution in [0, 0.1) is 12.8 Å². The highest BCUT2D eigenvalue weighted by Crippen LogP contribution is 2.64. The number of hydrogen-bond donors (Lipinski definition) is 0. The molecule has 1 aromatic rings. The predicted molar refractivity (Wildman–Crippen MR) is 67.7 cm³/mol. The van der Waals surface area contributed by atoms with Crippen LogP contribution in [0.25, 0.3) is 0 Å². The lowest BCUT2D eigenvalue weighted by Gasteiger charge is -2.23. The normalized spacial score (nSPS) is 36.5. The molecule has 16 heavy (non-hydrogen) atoms. The zero-order chi connectivity index (χ0) is 11.3. The number of hydrogen-bond acceptors (Lipinski definition) is 1. The molecular formula is C15H21N. The Labute approximate surface area is 98.5 Å². The van der Waals surface area contributed by atoms with Crippen LogP contribution in [0.1, 0.15) is 30.4 Å². The summed E-state index contributed by atoms with van der Waals surface area (Å²) in [6, 6.07) is 10.0. The fourth-order valence-electron chi connectivity index (χ4n) is 3.52. The van der Waals surface area contributed by atoms with Gasteiger partial charge in [-0.2, -0.15) is 0 Å². The number of rotatable bonds is 2. The molecule has 2 saturated carbocycles. The predicted octanol–water partition coefficient (Wildman–Crippen LogP) is 2.98. The van der Waals surface area contributed by atoms with Gasteiger partial charge in [0.05, 0.1) is 0 Å². The largest absolute Gasteiger partial charge is 0.306 e. The van der Waals surface area contributed by atoms with Gasteiger partial charge in [0.15, 0.2) is 0 Å². The van der Waals surface area contributed by atoms with Crippen molar-refractivity contribution in [3.05, 3.63) is 35.4 Å². The third-order valence-electron chi connectivity index (χ3n) is 4.75. The number of benzene rings is 1. The highest BCUT2D eigenvalue weighted by molar-refractivity contribution is 5.38. The van der Waals surface area contributed by atoms with Crippen molar-refractivity contribution in [1.29, 1.82) is 0 Å². The van der Waals surface area contributed by atoms with Crippen molar-refractivity contribution in [2.45, 2.75) is 37.6 Å². The van der Waals surface area contributed by atoms with Gasteiger partial charge in [0.25, 0.3) is 0 Å². The third-order valence-corrected chi connectivity index (χ3v) is 4.75. The maximum absolute atomic E-state index is 2.40. The lowest BCUT2D eigenvalue weighted by molar-refractivity contribution is 0.275. The lowest BCUT2D eigenvalue weighted by atomic mass is 9.91. The molecule has 3 rings (SSSR count). The van der Waals surface area contributed by atoms with Gasteiger partial charge in [-0.1, -0.05) is 29.8 Å². The Hall–Kier alpha value is -0.820. The smallest absolute Gasteiger partial charge is 0.0101 e. The molecule has 2 aliphatic rings. The van der Waals surface area contributed by atoms with E-state index >= 15 is 0 Å². The van der Waals surface area contributed by atoms with Crippen molar-refractivity contribution in [1.82, 2.24) is 4.90 Å². The molecular weight excluding hydrogens is 194 g/mol. The van der Waals surface area contributed by atoms with E-state index in [0.29, 0.717) is 5.41 Å². The minimum Gasteiger partial charge on any atom is -0.306 e. The van der Waals surface area contributed by atoms with Crippen molar-refractivity contribution in [2.75, 3.05) is 14.1 Å². The van der Waals surface area contributed by atoms with Gasteiger partial charge < -0.3 is 4.90 Å². The molecule has 0 heterocycles. The highest BCUT2D eigenvalue weighted by Gasteiger charge is 2.60. The Balaban J connectivity index is 1.84. The summed E-state index contributed by atoms with van der Waals surface area (Å²) in [5.74, 6) is 0.961. The molecule has 1 heteroatoms. The Morgan fingerprint density at radius 2 is 1.81 bits per heavy atom. The Morgan fingerprint density at radius 3 is 2.38 bits per heavy atom. The highest BCUT2D eigenvalue weighted by atomic mass is 15.1. The Kier molecular flexibility index (Phi) is 2.16. The van der Waals surface area contributed by atoms with Crippen LogP contribution in [0.2, 0.25) is 0 Å². The maximum Gasteiger partial charge on any atom is 0.0101 e. The SMILES string of the molecule is Cc1ccc(C23CC(N(C)C)CC2C3)cc1. The molecule has 0 bridgehead atoms. The van der Waals surface area contributed by atoms with E-state index in [1.165, 1.54) is 24.8 Å². The molecule has 3 atom stereocenters. The summed E-state index contributed by atoms with van der Waals surface area (Å²) >= 11 is 0. The first-order valence-electron chi connectivity index (χ1n) is 6.35. The van der Waals surface area contributed by atoms with Crippen LogP contribution in [0.3, 0.4) is 0 Å². The summed E-state index contributed by atoms with van der Waals surface area (Å²) in [7, 11) is 4.44. The molecule has 0 amide bonds. The molecule has 1 nitrogen and oxygen atoms in total. The van der Waals surface area contributed by atoms with E-state index in [1.807, 2.05) is 0 Å². The van der Waals surface area contributed by atoms with Gasteiger partial charge in [0.2, 0.25) is 0 Å². The topological polar surface area (TPSA) is 3.24 Å². The van der Waals surface area contributed by atoms with E-state index in [0.717, 1.165) is 12.0 Å². The summed E-state index contributed by atoms with van der Waals surface area (Å²) < 4.78 is 0. The van der Waals surface area contributed by atoms with Crippen molar-refractivity contribution < 1.29 is 0 Å². The van der Waals surface area contributed by atoms with E-state index in [1.54, 1.807) is 5.56 Å². The molecule has 2 fully saturated rings. The van der Waals surface area contributed by atoms with E-state index in [4.69, 9.17) is 0 Å². The number of nitrogens with zero attached hydrogens (tertiary/aromatic N) is 1. The summed E-state index contributed by atoms with van der Waals surface area (Å²) in [4.78, 5) is 2.40. The second-order valence-corrected chi connectivity index (χ2v) is 5.98. The minimum absolute atomic E-state index is 0.558. The first-order valence-corrected chi connectivity index (χ1v) is 6.35. The quantitative estimate of drug-likeness (QED) is 0.733. The number of fused-ring (bicyclic) bond motifs is 1. The fraction of sp³-hybridized carbons (Fsp3) is 0.600. The zero-order valence-corrected chi connectivity index (χ0v) is 10.5. The van der Waals surface area contributed by atoms with Crippen LogP contribution in [0.15, 0.2) is 24.3 Å². The van der Waals surface area contributed by atoms with Crippen molar-refractivity contribution in [3.8, 4) is 0 Å². The standard InChI is InChI=1S/C15H21N/c1-11-4-6-12(7-5-11)15-9-13(15)8-14(10-15)16(2)3/h4-7,13-14H,8-10H2,1-3H3. The van der Waals surface area contributed by atoms with E-state index in [-0.39, 0.29) is 0 Å². The van der Waals surface area contributed by atoms with E-state index in [2.05, 4.69) is 50.2 Å². The van der Waals surface area contributed by atoms with E-state index in [9.17, 15) is 0 Å². The van der Waals surface area contributed by atoms with Crippen LogP contribution >= 0.6 is 0 Å². The summed E-state index contributed by atoms with van der Waals surface area (Å²) in [6.07, 6.45) is 4.20. The molecule has 0 N–H and O–H groups in total.